The minimum absolute atomic E-state index is 0.0386. The van der Waals surface area contributed by atoms with Gasteiger partial charge in [-0.25, -0.2) is 4.79 Å². The van der Waals surface area contributed by atoms with Crippen LogP contribution in [-0.2, 0) is 39.2 Å². The van der Waals surface area contributed by atoms with E-state index >= 15 is 0 Å². The number of fused-ring (bicyclic) bond motifs is 4. The molecule has 4 atom stereocenters. The molecule has 4 aromatic heterocycles. The van der Waals surface area contributed by atoms with Crippen molar-refractivity contribution in [1.82, 2.24) is 24.4 Å². The van der Waals surface area contributed by atoms with Crippen molar-refractivity contribution in [2.24, 2.45) is 5.73 Å². The lowest BCUT2D eigenvalue weighted by atomic mass is 9.95. The molecule has 0 saturated carbocycles. The summed E-state index contributed by atoms with van der Waals surface area (Å²) in [5.41, 5.74) is 12.2. The van der Waals surface area contributed by atoms with Gasteiger partial charge in [-0.15, -0.1) is 0 Å². The maximum Gasteiger partial charge on any atom is 0.379 e. The quantitative estimate of drug-likeness (QED) is 0.0232. The number of nitrogens with two attached hydrogens (primary N) is 1. The van der Waals surface area contributed by atoms with Crippen molar-refractivity contribution in [3.05, 3.63) is 166 Å². The zero-order valence-electron chi connectivity index (χ0n) is 47.6. The van der Waals surface area contributed by atoms with Gasteiger partial charge in [-0.05, 0) is 66.1 Å². The number of hydrogen-bond donors (Lipinski definition) is 4. The number of aromatic nitrogens is 4. The maximum absolute atomic E-state index is 13.3. The van der Waals surface area contributed by atoms with Crippen LogP contribution in [-0.4, -0.2) is 84.5 Å². The number of carbonyl (C=O) groups is 5. The molecule has 14 nitrogen and oxygen atoms in total. The molecule has 1 aliphatic heterocycles. The van der Waals surface area contributed by atoms with Crippen molar-refractivity contribution in [2.75, 3.05) is 7.11 Å². The molecule has 5 N–H and O–H groups in total. The molecule has 8 aromatic rings. The molecule has 18 heteroatoms. The highest BCUT2D eigenvalue weighted by molar-refractivity contribution is 6.74. The number of halogens is 2. The van der Waals surface area contributed by atoms with Crippen LogP contribution in [0.4, 0.5) is 0 Å². The van der Waals surface area contributed by atoms with Crippen LogP contribution in [0.15, 0.2) is 134 Å². The van der Waals surface area contributed by atoms with Crippen LogP contribution < -0.4 is 11.1 Å². The Morgan fingerprint density at radius 2 is 1.07 bits per heavy atom. The van der Waals surface area contributed by atoms with Gasteiger partial charge in [-0.1, -0.05) is 162 Å². The minimum Gasteiger partial charge on any atom is -0.463 e. The topological polar surface area (TPSA) is 193 Å². The fourth-order valence-electron chi connectivity index (χ4n) is 10.4. The number of rotatable bonds is 12. The molecule has 0 spiro atoms. The van der Waals surface area contributed by atoms with E-state index in [0.29, 0.717) is 38.3 Å². The van der Waals surface area contributed by atoms with Gasteiger partial charge in [0.05, 0.1) is 54.5 Å². The molecule has 0 saturated heterocycles. The fourth-order valence-corrected chi connectivity index (χ4v) is 13.5. The van der Waals surface area contributed by atoms with E-state index in [4.69, 9.17) is 37.8 Å². The maximum atomic E-state index is 13.3. The Hall–Kier alpha value is -7.06. The number of ether oxygens (including phenoxy) is 1. The van der Waals surface area contributed by atoms with Crippen molar-refractivity contribution in [1.29, 1.82) is 0 Å². The predicted octanol–water partition coefficient (Wildman–Crippen LogP) is 14.0. The number of nitrogens with one attached hydrogen (secondary N) is 3. The third-order valence-electron chi connectivity index (χ3n) is 16.6. The average molecular weight is 1170 g/mol. The van der Waals surface area contributed by atoms with E-state index in [0.717, 1.165) is 58.2 Å². The molecule has 422 valence electrons. The number of ketones is 1. The van der Waals surface area contributed by atoms with Gasteiger partial charge in [0.25, 0.3) is 17.6 Å². The largest absolute Gasteiger partial charge is 0.463 e. The van der Waals surface area contributed by atoms with Crippen LogP contribution in [0.1, 0.15) is 93.5 Å². The molecule has 2 aliphatic carbocycles. The number of carbonyl (C=O) groups excluding carboxylic acids is 5. The van der Waals surface area contributed by atoms with Crippen molar-refractivity contribution in [2.45, 2.75) is 121 Å². The fraction of sp³-hybridized carbons (Fsp3) is 0.317. The number of nitrogens with zero attached hydrogens (tertiary/aromatic N) is 2. The molecule has 0 radical (unpaired) electrons. The van der Waals surface area contributed by atoms with E-state index < -0.39 is 40.2 Å². The van der Waals surface area contributed by atoms with Gasteiger partial charge >= 0.3 is 5.97 Å². The summed E-state index contributed by atoms with van der Waals surface area (Å²) in [6.45, 7) is 22.7. The normalized spacial score (nSPS) is 18.4. The Kier molecular flexibility index (Phi) is 16.4. The van der Waals surface area contributed by atoms with Crippen LogP contribution in [0.2, 0.25) is 46.6 Å². The predicted molar refractivity (Wildman–Crippen MR) is 329 cm³/mol. The van der Waals surface area contributed by atoms with Gasteiger partial charge < -0.3 is 38.4 Å². The summed E-state index contributed by atoms with van der Waals surface area (Å²) < 4.78 is 22.1. The van der Waals surface area contributed by atoms with Gasteiger partial charge in [-0.3, -0.25) is 24.5 Å². The number of primary amides is 1. The van der Waals surface area contributed by atoms with Gasteiger partial charge in [0.15, 0.2) is 16.6 Å². The molecule has 11 rings (SSSR count). The summed E-state index contributed by atoms with van der Waals surface area (Å²) in [5.74, 6) is -2.83. The van der Waals surface area contributed by atoms with Crippen LogP contribution in [0.5, 0.6) is 0 Å². The SMILES string of the molecule is CC(C)(C)[Si](C)(C)O[C@@H]1C=CC(n2cc(C3=C(c4c(Cl)[nH]c5ccccc45)C(=O)NC3=O)c3ccccc32)C1.CC(C)(C)[Si](C)(C)O[C@@H]1C=CC(n2cc(CC(N)=O)c3ccccc32)C1.COC(=O)C(=O)c1c(Cl)[nH]c2ccccc12. The lowest BCUT2D eigenvalue weighted by Crippen LogP contribution is -2.43. The highest BCUT2D eigenvalue weighted by Crippen LogP contribution is 2.45. The molecule has 5 heterocycles. The van der Waals surface area contributed by atoms with Crippen LogP contribution >= 0.6 is 23.2 Å². The number of methoxy groups -OCH3 is 1. The minimum atomic E-state index is -1.93. The number of benzene rings is 4. The molecule has 0 fully saturated rings. The standard InChI is InChI=1S/C31H32ClN3O3Si.C21H30N2O2Si.C11H8ClNO3/c1-31(2,3)39(4,5)38-19-15-14-18(16-19)35-17-22(20-10-7-9-13-24(20)35)26-27(30(37)34-29(26)36)25-21-11-6-8-12-23(21)33-28(25)32;1-21(2,3)26(4,5)25-17-11-10-16(13-17)23-14-15(12-20(22)24)18-8-6-7-9-19(18)23;1-16-11(15)9(14)8-6-4-2-3-5-7(6)13-10(8)12/h6-15,17-19,33H,16H2,1-5H3,(H,34,36,37);6-11,14,16-17H,12-13H2,1-5H3,(H2,22,24);2-5,13H,1H3/t18?,19-;16?,17-;/m11./s1. The van der Waals surface area contributed by atoms with E-state index in [2.05, 4.69) is 146 Å². The van der Waals surface area contributed by atoms with Gasteiger partial charge in [0.1, 0.15) is 10.3 Å². The second-order valence-corrected chi connectivity index (χ2v) is 34.2. The molecule has 81 heavy (non-hydrogen) atoms. The third-order valence-corrected chi connectivity index (χ3v) is 26.1. The van der Waals surface area contributed by atoms with Crippen molar-refractivity contribution in [3.63, 3.8) is 0 Å². The Morgan fingerprint density at radius 1 is 0.617 bits per heavy atom. The van der Waals surface area contributed by atoms with Crippen molar-refractivity contribution >= 4 is 124 Å². The highest BCUT2D eigenvalue weighted by Gasteiger charge is 2.42. The number of allylic oxidation sites excluding steroid dienone is 2. The summed E-state index contributed by atoms with van der Waals surface area (Å²) >= 11 is 12.5. The number of para-hydroxylation sites is 4. The van der Waals surface area contributed by atoms with E-state index in [9.17, 15) is 24.0 Å². The van der Waals surface area contributed by atoms with E-state index in [1.54, 1.807) is 18.2 Å². The summed E-state index contributed by atoms with van der Waals surface area (Å²) in [6, 6.07) is 31.2. The van der Waals surface area contributed by atoms with E-state index in [1.165, 1.54) is 0 Å². The number of esters is 1. The summed E-state index contributed by atoms with van der Waals surface area (Å²) in [5, 5.41) is 6.76. The van der Waals surface area contributed by atoms with Crippen LogP contribution in [0.25, 0.3) is 54.8 Å². The zero-order chi connectivity index (χ0) is 58.5. The monoisotopic (exact) mass is 1160 g/mol. The van der Waals surface area contributed by atoms with E-state index in [-0.39, 0.29) is 57.4 Å². The molecule has 0 bridgehead atoms. The Morgan fingerprint density at radius 3 is 1.62 bits per heavy atom. The van der Waals surface area contributed by atoms with E-state index in [1.807, 2.05) is 66.9 Å². The number of amides is 3. The Balaban J connectivity index is 0.000000162. The zero-order valence-corrected chi connectivity index (χ0v) is 51.1. The molecule has 4 aromatic carbocycles. The number of Topliss-reactive ketones (excluding diaryl/α,β-unsaturated/α-hetero) is 1. The Labute approximate surface area is 483 Å². The summed E-state index contributed by atoms with van der Waals surface area (Å²) in [7, 11) is -2.57. The molecule has 3 amide bonds. The first-order valence-electron chi connectivity index (χ1n) is 27.1. The second-order valence-electron chi connectivity index (χ2n) is 24.0. The molecular formula is C63H70Cl2N6O8Si2. The molecular weight excluding hydrogens is 1100 g/mol. The van der Waals surface area contributed by atoms with Crippen molar-refractivity contribution in [3.8, 4) is 0 Å². The number of H-pyrrole nitrogens is 2. The summed E-state index contributed by atoms with van der Waals surface area (Å²) in [6.07, 6.45) is 15.1. The molecule has 3 aliphatic rings. The average Bonchev–Trinajstić information content (AvgIpc) is 3.30. The number of aromatic amines is 2. The first-order chi connectivity index (χ1) is 38.2. The summed E-state index contributed by atoms with van der Waals surface area (Å²) in [4.78, 5) is 66.8. The molecule has 2 unspecified atom stereocenters. The number of hydrogen-bond acceptors (Lipinski definition) is 8. The van der Waals surface area contributed by atoms with Crippen molar-refractivity contribution < 1.29 is 37.6 Å². The number of imide groups is 1. The van der Waals surface area contributed by atoms with Gasteiger partial charge in [-0.2, -0.15) is 0 Å². The van der Waals surface area contributed by atoms with Gasteiger partial charge in [0.2, 0.25) is 5.91 Å². The first-order valence-corrected chi connectivity index (χ1v) is 33.7. The van der Waals surface area contributed by atoms with Crippen LogP contribution in [0.3, 0.4) is 0 Å². The Bertz CT molecular complexity index is 3880. The smallest absolute Gasteiger partial charge is 0.379 e. The second kappa shape index (κ2) is 22.7. The van der Waals surface area contributed by atoms with Crippen LogP contribution in [0, 0.1) is 0 Å². The highest BCUT2D eigenvalue weighted by atomic mass is 35.5. The lowest BCUT2D eigenvalue weighted by molar-refractivity contribution is -0.135. The third kappa shape index (κ3) is 11.7. The lowest BCUT2D eigenvalue weighted by Gasteiger charge is -2.38. The first kappa shape index (κ1) is 58.6. The van der Waals surface area contributed by atoms with Gasteiger partial charge in [0, 0.05) is 80.0 Å².